The lowest BCUT2D eigenvalue weighted by Gasteiger charge is -2.19. The molecule has 178 valence electrons. The lowest BCUT2D eigenvalue weighted by molar-refractivity contribution is 0.0987. The van der Waals surface area contributed by atoms with Crippen molar-refractivity contribution in [3.8, 4) is 17.1 Å². The van der Waals surface area contributed by atoms with Gasteiger partial charge in [-0.2, -0.15) is 9.49 Å². The van der Waals surface area contributed by atoms with Crippen LogP contribution in [0.25, 0.3) is 22.3 Å². The van der Waals surface area contributed by atoms with Crippen LogP contribution in [0.5, 0.6) is 5.75 Å². The molecule has 3 heterocycles. The highest BCUT2D eigenvalue weighted by atomic mass is 19.1. The quantitative estimate of drug-likeness (QED) is 0.430. The molecule has 0 bridgehead atoms. The Morgan fingerprint density at radius 2 is 1.94 bits per heavy atom. The van der Waals surface area contributed by atoms with Crippen LogP contribution in [0.4, 0.5) is 4.39 Å². The maximum atomic E-state index is 13.5. The number of halogens is 1. The van der Waals surface area contributed by atoms with E-state index >= 15 is 0 Å². The molecule has 0 aliphatic carbocycles. The molecule has 0 spiro atoms. The molecule has 2 N–H and O–H groups in total. The highest BCUT2D eigenvalue weighted by Gasteiger charge is 2.22. The van der Waals surface area contributed by atoms with E-state index in [-0.39, 0.29) is 16.9 Å². The SMILES string of the molecule is CC.Cc1cc(C(C)Oc2ccc(F)nc2C(N)=O)c2oc(-c3cnn(C)c3)c(C)c(=O)c2c1. The molecular weight excluding hydrogens is 439 g/mol. The monoisotopic (exact) mass is 466 g/mol. The Bertz CT molecular complexity index is 1420. The summed E-state index contributed by atoms with van der Waals surface area (Å²) in [6.45, 7) is 9.29. The molecule has 1 aromatic carbocycles. The van der Waals surface area contributed by atoms with Gasteiger partial charge in [0, 0.05) is 24.4 Å². The molecule has 0 saturated carbocycles. The van der Waals surface area contributed by atoms with Crippen molar-refractivity contribution in [3.05, 3.63) is 75.2 Å². The van der Waals surface area contributed by atoms with Crippen molar-refractivity contribution >= 4 is 16.9 Å². The molecule has 0 fully saturated rings. The van der Waals surface area contributed by atoms with Crippen molar-refractivity contribution in [1.29, 1.82) is 0 Å². The number of benzene rings is 1. The third-order valence-corrected chi connectivity index (χ3v) is 5.16. The second kappa shape index (κ2) is 9.86. The lowest BCUT2D eigenvalue weighted by atomic mass is 10.0. The van der Waals surface area contributed by atoms with Crippen LogP contribution in [-0.4, -0.2) is 20.7 Å². The number of carbonyl (C=O) groups is 1. The minimum absolute atomic E-state index is 0.0306. The minimum Gasteiger partial charge on any atom is -0.483 e. The van der Waals surface area contributed by atoms with Gasteiger partial charge >= 0.3 is 0 Å². The average molecular weight is 467 g/mol. The molecule has 0 radical (unpaired) electrons. The summed E-state index contributed by atoms with van der Waals surface area (Å²) in [5.74, 6) is -1.32. The first-order valence-corrected chi connectivity index (χ1v) is 10.9. The lowest BCUT2D eigenvalue weighted by Crippen LogP contribution is -2.17. The summed E-state index contributed by atoms with van der Waals surface area (Å²) in [5.41, 5.74) is 7.74. The van der Waals surface area contributed by atoms with Crippen LogP contribution in [0.3, 0.4) is 0 Å². The molecular formula is C25H27FN4O4. The van der Waals surface area contributed by atoms with Gasteiger partial charge in [0.1, 0.15) is 17.4 Å². The number of primary amides is 1. The van der Waals surface area contributed by atoms with Crippen molar-refractivity contribution in [2.45, 2.75) is 40.7 Å². The summed E-state index contributed by atoms with van der Waals surface area (Å²) in [5, 5.41) is 4.56. The van der Waals surface area contributed by atoms with E-state index in [1.807, 2.05) is 26.8 Å². The van der Waals surface area contributed by atoms with E-state index in [0.29, 0.717) is 33.4 Å². The molecule has 0 aliphatic rings. The molecule has 9 heteroatoms. The Morgan fingerprint density at radius 1 is 1.24 bits per heavy atom. The van der Waals surface area contributed by atoms with Crippen molar-refractivity contribution < 1.29 is 18.3 Å². The van der Waals surface area contributed by atoms with E-state index in [2.05, 4.69) is 10.1 Å². The fourth-order valence-electron chi connectivity index (χ4n) is 3.63. The molecule has 0 aliphatic heterocycles. The highest BCUT2D eigenvalue weighted by molar-refractivity contribution is 5.93. The summed E-state index contributed by atoms with van der Waals surface area (Å²) in [6, 6.07) is 5.95. The van der Waals surface area contributed by atoms with E-state index < -0.39 is 18.0 Å². The first kappa shape index (κ1) is 24.6. The maximum absolute atomic E-state index is 13.5. The molecule has 0 saturated heterocycles. The number of nitrogens with two attached hydrogens (primary N) is 1. The average Bonchev–Trinajstić information content (AvgIpc) is 3.24. The number of hydrogen-bond acceptors (Lipinski definition) is 6. The summed E-state index contributed by atoms with van der Waals surface area (Å²) in [6.07, 6.45) is 2.71. The van der Waals surface area contributed by atoms with Crippen LogP contribution in [0, 0.1) is 19.8 Å². The minimum atomic E-state index is -0.915. The number of pyridine rings is 1. The smallest absolute Gasteiger partial charge is 0.271 e. The first-order valence-electron chi connectivity index (χ1n) is 10.9. The van der Waals surface area contributed by atoms with Crippen molar-refractivity contribution in [2.75, 3.05) is 0 Å². The van der Waals surface area contributed by atoms with Crippen LogP contribution < -0.4 is 15.9 Å². The Balaban J connectivity index is 0.00000158. The number of nitrogens with zero attached hydrogens (tertiary/aromatic N) is 3. The Kier molecular flexibility index (Phi) is 7.14. The largest absolute Gasteiger partial charge is 0.483 e. The van der Waals surface area contributed by atoms with Crippen LogP contribution in [0.15, 0.2) is 45.9 Å². The van der Waals surface area contributed by atoms with Gasteiger partial charge in [0.25, 0.3) is 5.91 Å². The van der Waals surface area contributed by atoms with Crippen LogP contribution in [-0.2, 0) is 7.05 Å². The number of rotatable bonds is 5. The topological polar surface area (TPSA) is 113 Å². The zero-order valence-corrected chi connectivity index (χ0v) is 20.0. The normalized spacial score (nSPS) is 11.6. The molecule has 1 unspecified atom stereocenters. The van der Waals surface area contributed by atoms with Crippen LogP contribution >= 0.6 is 0 Å². The summed E-state index contributed by atoms with van der Waals surface area (Å²) < 4.78 is 27.2. The van der Waals surface area contributed by atoms with Crippen LogP contribution in [0.2, 0.25) is 0 Å². The van der Waals surface area contributed by atoms with Crippen molar-refractivity contribution in [3.63, 3.8) is 0 Å². The summed E-state index contributed by atoms with van der Waals surface area (Å²) >= 11 is 0. The number of hydrogen-bond donors (Lipinski definition) is 1. The number of ether oxygens (including phenoxy) is 1. The van der Waals surface area contributed by atoms with E-state index in [1.54, 1.807) is 44.0 Å². The standard InChI is InChI=1S/C23H21FN4O4.C2H6/c1-11-7-15(13(3)31-17-5-6-18(24)27-19(17)23(25)30)22-16(8-11)20(29)12(2)21(32-22)14-9-26-28(4)10-14;1-2/h5-10,13H,1-4H3,(H2,25,30);1-2H3. The predicted octanol–water partition coefficient (Wildman–Crippen LogP) is 4.61. The van der Waals surface area contributed by atoms with Gasteiger partial charge in [0.15, 0.2) is 16.9 Å². The number of aryl methyl sites for hydroxylation is 2. The Labute approximate surface area is 196 Å². The Hall–Kier alpha value is -4.01. The molecule has 8 nitrogen and oxygen atoms in total. The van der Waals surface area contributed by atoms with E-state index in [0.717, 1.165) is 11.6 Å². The number of fused-ring (bicyclic) bond motifs is 1. The molecule has 4 aromatic rings. The molecule has 34 heavy (non-hydrogen) atoms. The zero-order chi connectivity index (χ0) is 25.2. The number of aromatic nitrogens is 3. The second-order valence-electron chi connectivity index (χ2n) is 7.62. The van der Waals surface area contributed by atoms with Crippen LogP contribution in [0.1, 0.15) is 54.1 Å². The third kappa shape index (κ3) is 4.68. The van der Waals surface area contributed by atoms with Gasteiger partial charge in [0.05, 0.1) is 17.1 Å². The fraction of sp³-hybridized carbons (Fsp3) is 0.280. The number of amides is 1. The summed E-state index contributed by atoms with van der Waals surface area (Å²) in [7, 11) is 1.77. The van der Waals surface area contributed by atoms with Gasteiger partial charge in [-0.25, -0.2) is 4.98 Å². The van der Waals surface area contributed by atoms with Gasteiger partial charge < -0.3 is 14.9 Å². The fourth-order valence-corrected chi connectivity index (χ4v) is 3.63. The molecule has 3 aromatic heterocycles. The molecule has 1 amide bonds. The third-order valence-electron chi connectivity index (χ3n) is 5.16. The maximum Gasteiger partial charge on any atom is 0.271 e. The zero-order valence-electron chi connectivity index (χ0n) is 20.0. The van der Waals surface area contributed by atoms with Crippen molar-refractivity contribution in [1.82, 2.24) is 14.8 Å². The second-order valence-corrected chi connectivity index (χ2v) is 7.62. The predicted molar refractivity (Wildman–Crippen MR) is 127 cm³/mol. The van der Waals surface area contributed by atoms with E-state index in [9.17, 15) is 14.0 Å². The first-order chi connectivity index (χ1) is 16.2. The number of carbonyl (C=O) groups excluding carboxylic acids is 1. The Morgan fingerprint density at radius 3 is 2.56 bits per heavy atom. The molecule has 4 rings (SSSR count). The van der Waals surface area contributed by atoms with Gasteiger partial charge in [-0.05, 0) is 50.6 Å². The van der Waals surface area contributed by atoms with E-state index in [1.165, 1.54) is 6.07 Å². The van der Waals surface area contributed by atoms with Gasteiger partial charge in [-0.1, -0.05) is 13.8 Å². The van der Waals surface area contributed by atoms with Gasteiger partial charge in [-0.15, -0.1) is 0 Å². The van der Waals surface area contributed by atoms with E-state index in [4.69, 9.17) is 14.9 Å². The van der Waals surface area contributed by atoms with Crippen molar-refractivity contribution in [2.24, 2.45) is 12.8 Å². The highest BCUT2D eigenvalue weighted by Crippen LogP contribution is 2.33. The van der Waals surface area contributed by atoms with Gasteiger partial charge in [-0.3, -0.25) is 14.3 Å². The summed E-state index contributed by atoms with van der Waals surface area (Å²) in [4.78, 5) is 28.4. The molecule has 1 atom stereocenters. The van der Waals surface area contributed by atoms with Gasteiger partial charge in [0.2, 0.25) is 5.95 Å².